The van der Waals surface area contributed by atoms with E-state index in [0.29, 0.717) is 25.9 Å². The SMILES string of the molecule is CC(C)(C)NC(=O)NC(=O)COC(=O)C1CCN(C(=O)c2ccco2)CC1. The Bertz CT molecular complexity index is 684. The first-order valence-corrected chi connectivity index (χ1v) is 8.77. The van der Waals surface area contributed by atoms with Gasteiger partial charge in [-0.2, -0.15) is 0 Å². The van der Waals surface area contributed by atoms with Gasteiger partial charge in [0.05, 0.1) is 12.2 Å². The number of carbonyl (C=O) groups excluding carboxylic acids is 4. The fourth-order valence-electron chi connectivity index (χ4n) is 2.66. The molecular weight excluding hydrogens is 354 g/mol. The van der Waals surface area contributed by atoms with Gasteiger partial charge in [0.15, 0.2) is 12.4 Å². The number of nitrogens with one attached hydrogen (secondary N) is 2. The Morgan fingerprint density at radius 2 is 1.89 bits per heavy atom. The van der Waals surface area contributed by atoms with Crippen LogP contribution in [-0.2, 0) is 14.3 Å². The second-order valence-corrected chi connectivity index (χ2v) is 7.40. The molecule has 1 saturated heterocycles. The average molecular weight is 379 g/mol. The zero-order chi connectivity index (χ0) is 20.0. The number of rotatable bonds is 4. The van der Waals surface area contributed by atoms with E-state index in [1.165, 1.54) is 6.26 Å². The summed E-state index contributed by atoms with van der Waals surface area (Å²) in [6.07, 6.45) is 2.32. The third-order valence-corrected chi connectivity index (χ3v) is 3.93. The molecule has 9 nitrogen and oxygen atoms in total. The van der Waals surface area contributed by atoms with Crippen LogP contribution in [-0.4, -0.2) is 54.0 Å². The molecule has 9 heteroatoms. The second-order valence-electron chi connectivity index (χ2n) is 7.40. The predicted octanol–water partition coefficient (Wildman–Crippen LogP) is 1.30. The van der Waals surface area contributed by atoms with Gasteiger partial charge in [0.2, 0.25) is 0 Å². The van der Waals surface area contributed by atoms with Gasteiger partial charge in [0.1, 0.15) is 0 Å². The third-order valence-electron chi connectivity index (χ3n) is 3.93. The zero-order valence-corrected chi connectivity index (χ0v) is 15.7. The normalized spacial score (nSPS) is 15.1. The van der Waals surface area contributed by atoms with E-state index in [2.05, 4.69) is 10.6 Å². The van der Waals surface area contributed by atoms with Crippen molar-refractivity contribution in [3.63, 3.8) is 0 Å². The van der Waals surface area contributed by atoms with Gasteiger partial charge in [-0.15, -0.1) is 0 Å². The number of likely N-dealkylation sites (tertiary alicyclic amines) is 1. The van der Waals surface area contributed by atoms with Crippen LogP contribution in [0.1, 0.15) is 44.2 Å². The van der Waals surface area contributed by atoms with Crippen LogP contribution in [0.15, 0.2) is 22.8 Å². The number of esters is 1. The smallest absolute Gasteiger partial charge is 0.321 e. The largest absolute Gasteiger partial charge is 0.459 e. The Morgan fingerprint density at radius 1 is 1.22 bits per heavy atom. The maximum absolute atomic E-state index is 12.2. The minimum atomic E-state index is -0.699. The number of carbonyl (C=O) groups is 4. The molecule has 0 aromatic carbocycles. The highest BCUT2D eigenvalue weighted by Crippen LogP contribution is 2.20. The average Bonchev–Trinajstić information content (AvgIpc) is 3.12. The van der Waals surface area contributed by atoms with E-state index in [1.807, 2.05) is 0 Å². The number of imide groups is 1. The van der Waals surface area contributed by atoms with Crippen LogP contribution in [0, 0.1) is 5.92 Å². The highest BCUT2D eigenvalue weighted by atomic mass is 16.5. The lowest BCUT2D eigenvalue weighted by atomic mass is 9.97. The van der Waals surface area contributed by atoms with Crippen molar-refractivity contribution < 1.29 is 28.3 Å². The lowest BCUT2D eigenvalue weighted by Gasteiger charge is -2.30. The summed E-state index contributed by atoms with van der Waals surface area (Å²) >= 11 is 0. The Hall–Kier alpha value is -2.84. The quantitative estimate of drug-likeness (QED) is 0.762. The van der Waals surface area contributed by atoms with E-state index in [4.69, 9.17) is 9.15 Å². The Labute approximate surface area is 157 Å². The van der Waals surface area contributed by atoms with Gasteiger partial charge in [0, 0.05) is 18.6 Å². The molecule has 0 bridgehead atoms. The van der Waals surface area contributed by atoms with Crippen molar-refractivity contribution in [3.8, 4) is 0 Å². The Balaban J connectivity index is 1.71. The van der Waals surface area contributed by atoms with Gasteiger partial charge in [-0.3, -0.25) is 19.7 Å². The van der Waals surface area contributed by atoms with E-state index in [0.717, 1.165) is 0 Å². The van der Waals surface area contributed by atoms with Crippen LogP contribution in [0.3, 0.4) is 0 Å². The topological polar surface area (TPSA) is 118 Å². The molecular formula is C18H25N3O6. The summed E-state index contributed by atoms with van der Waals surface area (Å²) in [4.78, 5) is 49.2. The van der Waals surface area contributed by atoms with Gasteiger partial charge in [-0.05, 0) is 45.7 Å². The molecule has 1 aromatic heterocycles. The maximum Gasteiger partial charge on any atom is 0.321 e. The van der Waals surface area contributed by atoms with Crippen molar-refractivity contribution in [1.82, 2.24) is 15.5 Å². The van der Waals surface area contributed by atoms with E-state index in [-0.39, 0.29) is 17.6 Å². The molecule has 1 aliphatic heterocycles. The highest BCUT2D eigenvalue weighted by Gasteiger charge is 2.30. The molecule has 0 radical (unpaired) electrons. The van der Waals surface area contributed by atoms with Crippen LogP contribution in [0.4, 0.5) is 4.79 Å². The number of ether oxygens (including phenoxy) is 1. The van der Waals surface area contributed by atoms with Crippen LogP contribution in [0.5, 0.6) is 0 Å². The van der Waals surface area contributed by atoms with Gasteiger partial charge in [-0.1, -0.05) is 0 Å². The van der Waals surface area contributed by atoms with Crippen LogP contribution in [0.25, 0.3) is 0 Å². The predicted molar refractivity (Wildman–Crippen MR) is 94.7 cm³/mol. The molecule has 2 rings (SSSR count). The number of hydrogen-bond donors (Lipinski definition) is 2. The fourth-order valence-corrected chi connectivity index (χ4v) is 2.66. The van der Waals surface area contributed by atoms with Gasteiger partial charge in [-0.25, -0.2) is 4.79 Å². The minimum absolute atomic E-state index is 0.212. The van der Waals surface area contributed by atoms with E-state index >= 15 is 0 Å². The van der Waals surface area contributed by atoms with Gasteiger partial charge >= 0.3 is 12.0 Å². The van der Waals surface area contributed by atoms with Gasteiger partial charge < -0.3 is 19.4 Å². The van der Waals surface area contributed by atoms with E-state index in [9.17, 15) is 19.2 Å². The standard InChI is InChI=1S/C18H25N3O6/c1-18(2,3)20-17(25)19-14(22)11-27-16(24)12-6-8-21(9-7-12)15(23)13-5-4-10-26-13/h4-5,10,12H,6-9,11H2,1-3H3,(H2,19,20,22,25). The monoisotopic (exact) mass is 379 g/mol. The molecule has 2 heterocycles. The molecule has 27 heavy (non-hydrogen) atoms. The summed E-state index contributed by atoms with van der Waals surface area (Å²) in [6, 6.07) is 2.59. The molecule has 1 aromatic rings. The summed E-state index contributed by atoms with van der Waals surface area (Å²) in [5, 5.41) is 4.67. The molecule has 148 valence electrons. The summed E-state index contributed by atoms with van der Waals surface area (Å²) in [6.45, 7) is 5.61. The van der Waals surface area contributed by atoms with Crippen molar-refractivity contribution in [3.05, 3.63) is 24.2 Å². The lowest BCUT2D eigenvalue weighted by Crippen LogP contribution is -2.49. The van der Waals surface area contributed by atoms with Crippen LogP contribution >= 0.6 is 0 Å². The molecule has 1 fully saturated rings. The third kappa shape index (κ3) is 6.43. The summed E-state index contributed by atoms with van der Waals surface area (Å²) < 4.78 is 10.1. The molecule has 0 aliphatic carbocycles. The zero-order valence-electron chi connectivity index (χ0n) is 15.7. The summed E-state index contributed by atoms with van der Waals surface area (Å²) in [5.74, 6) is -1.54. The summed E-state index contributed by atoms with van der Waals surface area (Å²) in [7, 11) is 0. The first-order chi connectivity index (χ1) is 12.7. The minimum Gasteiger partial charge on any atom is -0.459 e. The van der Waals surface area contributed by atoms with Crippen molar-refractivity contribution in [2.24, 2.45) is 5.92 Å². The molecule has 0 saturated carbocycles. The summed E-state index contributed by atoms with van der Waals surface area (Å²) in [5.41, 5.74) is -0.484. The van der Waals surface area contributed by atoms with Crippen molar-refractivity contribution in [1.29, 1.82) is 0 Å². The number of amides is 4. The lowest BCUT2D eigenvalue weighted by molar-refractivity contribution is -0.153. The first kappa shape index (κ1) is 20.5. The maximum atomic E-state index is 12.2. The Kier molecular flexibility index (Phi) is 6.59. The van der Waals surface area contributed by atoms with Gasteiger partial charge in [0.25, 0.3) is 11.8 Å². The van der Waals surface area contributed by atoms with Crippen molar-refractivity contribution >= 4 is 23.8 Å². The van der Waals surface area contributed by atoms with Crippen LogP contribution < -0.4 is 10.6 Å². The van der Waals surface area contributed by atoms with Crippen molar-refractivity contribution in [2.45, 2.75) is 39.2 Å². The highest BCUT2D eigenvalue weighted by molar-refractivity contribution is 5.96. The number of hydrogen-bond acceptors (Lipinski definition) is 6. The molecule has 0 unspecified atom stereocenters. The molecule has 0 spiro atoms. The number of furan rings is 1. The first-order valence-electron chi connectivity index (χ1n) is 8.77. The number of piperidine rings is 1. The van der Waals surface area contributed by atoms with E-state index < -0.39 is 30.1 Å². The van der Waals surface area contributed by atoms with Crippen LogP contribution in [0.2, 0.25) is 0 Å². The number of nitrogens with zero attached hydrogens (tertiary/aromatic N) is 1. The molecule has 2 N–H and O–H groups in total. The molecule has 4 amide bonds. The van der Waals surface area contributed by atoms with Crippen molar-refractivity contribution in [2.75, 3.05) is 19.7 Å². The second kappa shape index (κ2) is 8.70. The molecule has 0 atom stereocenters. The fraction of sp³-hybridized carbons (Fsp3) is 0.556. The van der Waals surface area contributed by atoms with E-state index in [1.54, 1.807) is 37.8 Å². The molecule has 1 aliphatic rings. The Morgan fingerprint density at radius 3 is 2.44 bits per heavy atom. The number of urea groups is 1.